The largest absolute Gasteiger partial charge is 0.480 e. The number of carboxylic acid groups (broad SMARTS) is 1. The van der Waals surface area contributed by atoms with E-state index < -0.39 is 10.8 Å². The van der Waals surface area contributed by atoms with Crippen LogP contribution in [0.15, 0.2) is 28.7 Å². The van der Waals surface area contributed by atoms with Gasteiger partial charge in [0.05, 0.1) is 0 Å². The van der Waals surface area contributed by atoms with E-state index in [1.165, 1.54) is 0 Å². The highest BCUT2D eigenvalue weighted by atomic mass is 79.9. The highest BCUT2D eigenvalue weighted by molar-refractivity contribution is 9.10. The van der Waals surface area contributed by atoms with Gasteiger partial charge in [0.15, 0.2) is 0 Å². The number of benzene rings is 1. The molecule has 1 atom stereocenters. The third-order valence-corrected chi connectivity index (χ3v) is 3.52. The number of aryl methyl sites for hydroxylation is 1. The molecule has 0 aliphatic rings. The van der Waals surface area contributed by atoms with Gasteiger partial charge in [-0.15, -0.1) is 0 Å². The van der Waals surface area contributed by atoms with E-state index in [0.29, 0.717) is 6.42 Å². The molecule has 1 aromatic carbocycles. The molecule has 0 amide bonds. The number of alkyl halides is 1. The molecule has 0 fully saturated rings. The Labute approximate surface area is 99.6 Å². The van der Waals surface area contributed by atoms with Crippen molar-refractivity contribution < 1.29 is 9.90 Å². The molecule has 0 aliphatic carbocycles. The van der Waals surface area contributed by atoms with Crippen LogP contribution in [0.4, 0.5) is 0 Å². The lowest BCUT2D eigenvalue weighted by Gasteiger charge is -2.05. The maximum atomic E-state index is 10.5. The number of rotatable bonds is 4. The standard InChI is InChI=1S/C10H10Br2O2/c11-8-4-2-1-3-7(8)5-6-9(12)10(13)14/h1-4,9H,5-6H2,(H,13,14). The minimum absolute atomic E-state index is 0.463. The summed E-state index contributed by atoms with van der Waals surface area (Å²) in [6.45, 7) is 0. The van der Waals surface area contributed by atoms with Crippen molar-refractivity contribution in [3.63, 3.8) is 0 Å². The summed E-state index contributed by atoms with van der Waals surface area (Å²) in [5.74, 6) is -0.808. The van der Waals surface area contributed by atoms with Crippen molar-refractivity contribution in [1.29, 1.82) is 0 Å². The summed E-state index contributed by atoms with van der Waals surface area (Å²) in [4.78, 5) is 10.1. The Morgan fingerprint density at radius 2 is 2.07 bits per heavy atom. The van der Waals surface area contributed by atoms with Crippen molar-refractivity contribution in [3.05, 3.63) is 34.3 Å². The smallest absolute Gasteiger partial charge is 0.317 e. The normalized spacial score (nSPS) is 12.4. The predicted octanol–water partition coefficient (Wildman–Crippen LogP) is 3.23. The molecule has 76 valence electrons. The Bertz CT molecular complexity index is 326. The summed E-state index contributed by atoms with van der Waals surface area (Å²) in [5.41, 5.74) is 1.14. The van der Waals surface area contributed by atoms with Gasteiger partial charge < -0.3 is 5.11 Å². The van der Waals surface area contributed by atoms with Crippen LogP contribution in [0.25, 0.3) is 0 Å². The van der Waals surface area contributed by atoms with Crippen LogP contribution in [0.5, 0.6) is 0 Å². The van der Waals surface area contributed by atoms with E-state index in [4.69, 9.17) is 5.11 Å². The molecule has 0 saturated carbocycles. The first kappa shape index (κ1) is 11.7. The molecule has 1 N–H and O–H groups in total. The average molecular weight is 322 g/mol. The molecule has 0 bridgehead atoms. The monoisotopic (exact) mass is 320 g/mol. The van der Waals surface area contributed by atoms with E-state index in [0.717, 1.165) is 16.5 Å². The summed E-state index contributed by atoms with van der Waals surface area (Å²) >= 11 is 6.53. The lowest BCUT2D eigenvalue weighted by molar-refractivity contribution is -0.136. The van der Waals surface area contributed by atoms with Crippen LogP contribution in [-0.4, -0.2) is 15.9 Å². The number of carbonyl (C=O) groups is 1. The highest BCUT2D eigenvalue weighted by Crippen LogP contribution is 2.19. The first-order chi connectivity index (χ1) is 6.61. The highest BCUT2D eigenvalue weighted by Gasteiger charge is 2.12. The van der Waals surface area contributed by atoms with E-state index in [1.807, 2.05) is 24.3 Å². The lowest BCUT2D eigenvalue weighted by Crippen LogP contribution is -2.13. The summed E-state index contributed by atoms with van der Waals surface area (Å²) < 4.78 is 1.03. The van der Waals surface area contributed by atoms with Gasteiger partial charge in [0, 0.05) is 4.47 Å². The van der Waals surface area contributed by atoms with Gasteiger partial charge in [-0.3, -0.25) is 4.79 Å². The first-order valence-corrected chi connectivity index (χ1v) is 5.92. The van der Waals surface area contributed by atoms with Crippen molar-refractivity contribution in [2.24, 2.45) is 0 Å². The Morgan fingerprint density at radius 3 is 2.64 bits per heavy atom. The maximum absolute atomic E-state index is 10.5. The van der Waals surface area contributed by atoms with Crippen LogP contribution < -0.4 is 0 Å². The van der Waals surface area contributed by atoms with E-state index in [-0.39, 0.29) is 0 Å². The summed E-state index contributed by atoms with van der Waals surface area (Å²) in [6.07, 6.45) is 1.35. The van der Waals surface area contributed by atoms with E-state index in [9.17, 15) is 4.79 Å². The molecule has 1 aromatic rings. The number of carboxylic acids is 1. The van der Waals surface area contributed by atoms with Gasteiger partial charge in [-0.2, -0.15) is 0 Å². The molecule has 1 rings (SSSR count). The van der Waals surface area contributed by atoms with Crippen LogP contribution in [0.1, 0.15) is 12.0 Å². The second-order valence-electron chi connectivity index (χ2n) is 2.94. The lowest BCUT2D eigenvalue weighted by atomic mass is 10.1. The number of hydrogen-bond acceptors (Lipinski definition) is 1. The topological polar surface area (TPSA) is 37.3 Å². The van der Waals surface area contributed by atoms with E-state index in [1.54, 1.807) is 0 Å². The molecule has 0 aromatic heterocycles. The van der Waals surface area contributed by atoms with Crippen LogP contribution in [0.2, 0.25) is 0 Å². The molecular weight excluding hydrogens is 312 g/mol. The maximum Gasteiger partial charge on any atom is 0.317 e. The summed E-state index contributed by atoms with van der Waals surface area (Å²) in [7, 11) is 0. The van der Waals surface area contributed by atoms with E-state index >= 15 is 0 Å². The molecule has 1 unspecified atom stereocenters. The first-order valence-electron chi connectivity index (χ1n) is 4.21. The molecule has 4 heteroatoms. The summed E-state index contributed by atoms with van der Waals surface area (Å²) in [6, 6.07) is 7.84. The van der Waals surface area contributed by atoms with Crippen LogP contribution in [-0.2, 0) is 11.2 Å². The van der Waals surface area contributed by atoms with Crippen LogP contribution in [0, 0.1) is 0 Å². The van der Waals surface area contributed by atoms with Gasteiger partial charge in [0.2, 0.25) is 0 Å². The number of aliphatic carboxylic acids is 1. The fourth-order valence-corrected chi connectivity index (χ4v) is 1.82. The molecule has 0 heterocycles. The molecule has 0 aliphatic heterocycles. The molecule has 14 heavy (non-hydrogen) atoms. The molecule has 0 spiro atoms. The van der Waals surface area contributed by atoms with Gasteiger partial charge in [-0.05, 0) is 24.5 Å². The fraction of sp³-hybridized carbons (Fsp3) is 0.300. The zero-order valence-electron chi connectivity index (χ0n) is 7.41. The Hall–Kier alpha value is -0.350. The second kappa shape index (κ2) is 5.51. The SMILES string of the molecule is O=C(O)C(Br)CCc1ccccc1Br. The van der Waals surface area contributed by atoms with Crippen molar-refractivity contribution in [1.82, 2.24) is 0 Å². The van der Waals surface area contributed by atoms with Crippen molar-refractivity contribution in [2.75, 3.05) is 0 Å². The minimum Gasteiger partial charge on any atom is -0.480 e. The predicted molar refractivity (Wildman–Crippen MR) is 62.8 cm³/mol. The van der Waals surface area contributed by atoms with Crippen molar-refractivity contribution >= 4 is 37.8 Å². The summed E-state index contributed by atoms with van der Waals surface area (Å²) in [5, 5.41) is 8.67. The minimum atomic E-state index is -0.808. The Morgan fingerprint density at radius 1 is 1.43 bits per heavy atom. The average Bonchev–Trinajstić information content (AvgIpc) is 2.16. The second-order valence-corrected chi connectivity index (χ2v) is 4.90. The van der Waals surface area contributed by atoms with Crippen LogP contribution in [0.3, 0.4) is 0 Å². The van der Waals surface area contributed by atoms with Crippen molar-refractivity contribution in [2.45, 2.75) is 17.7 Å². The van der Waals surface area contributed by atoms with Crippen molar-refractivity contribution in [3.8, 4) is 0 Å². The van der Waals surface area contributed by atoms with Gasteiger partial charge in [0.1, 0.15) is 4.83 Å². The molecular formula is C10H10Br2O2. The Kier molecular flexibility index (Phi) is 4.62. The molecule has 0 radical (unpaired) electrons. The van der Waals surface area contributed by atoms with Gasteiger partial charge in [0.25, 0.3) is 0 Å². The van der Waals surface area contributed by atoms with Gasteiger partial charge >= 0.3 is 5.97 Å². The zero-order valence-corrected chi connectivity index (χ0v) is 10.6. The van der Waals surface area contributed by atoms with Gasteiger partial charge in [-0.1, -0.05) is 50.1 Å². The van der Waals surface area contributed by atoms with Crippen LogP contribution >= 0.6 is 31.9 Å². The fourth-order valence-electron chi connectivity index (χ4n) is 1.11. The Balaban J connectivity index is 2.54. The number of hydrogen-bond donors (Lipinski definition) is 1. The van der Waals surface area contributed by atoms with E-state index in [2.05, 4.69) is 31.9 Å². The quantitative estimate of drug-likeness (QED) is 0.864. The number of halogens is 2. The third kappa shape index (κ3) is 3.42. The zero-order chi connectivity index (χ0) is 10.6. The molecule has 0 saturated heterocycles. The third-order valence-electron chi connectivity index (χ3n) is 1.89. The van der Waals surface area contributed by atoms with Gasteiger partial charge in [-0.25, -0.2) is 0 Å². The molecule has 2 nitrogen and oxygen atoms in total.